The van der Waals surface area contributed by atoms with Crippen LogP contribution in [0.15, 0.2) is 78.5 Å². The molecule has 1 unspecified atom stereocenters. The summed E-state index contributed by atoms with van der Waals surface area (Å²) in [6.45, 7) is 0. The predicted molar refractivity (Wildman–Crippen MR) is 86.5 cm³/mol. The Hall–Kier alpha value is -2.12. The molecule has 1 heterocycles. The molecule has 0 bridgehead atoms. The van der Waals surface area contributed by atoms with Crippen LogP contribution >= 0.6 is 0 Å². The molecule has 2 aromatic carbocycles. The van der Waals surface area contributed by atoms with E-state index >= 15 is 0 Å². The number of allylic oxidation sites excluding steroid dienone is 2. The van der Waals surface area contributed by atoms with Gasteiger partial charge in [0.25, 0.3) is 0 Å². The number of hydrogen-bond acceptors (Lipinski definition) is 0. The first-order valence-corrected chi connectivity index (χ1v) is 7.79. The molecule has 1 aliphatic heterocycles. The second kappa shape index (κ2) is 5.34. The topological polar surface area (TPSA) is 16.6 Å². The van der Waals surface area contributed by atoms with Crippen LogP contribution in [0.2, 0.25) is 0 Å². The molecule has 2 aliphatic rings. The largest absolute Gasteiger partial charge is 0.311 e. The number of rotatable bonds is 3. The van der Waals surface area contributed by atoms with Crippen molar-refractivity contribution in [1.29, 1.82) is 0 Å². The highest BCUT2D eigenvalue weighted by Crippen LogP contribution is 2.38. The predicted octanol–water partition coefficient (Wildman–Crippen LogP) is 3.82. The van der Waals surface area contributed by atoms with E-state index in [-0.39, 0.29) is 0 Å². The van der Waals surface area contributed by atoms with Crippen LogP contribution in [0.3, 0.4) is 0 Å². The molecule has 104 valence electrons. The molecule has 1 nitrogen and oxygen atoms in total. The molecule has 1 atom stereocenters. The van der Waals surface area contributed by atoms with Gasteiger partial charge in [-0.05, 0) is 53.7 Å². The molecule has 0 spiro atoms. The lowest BCUT2D eigenvalue weighted by atomic mass is 9.96. The third-order valence-corrected chi connectivity index (χ3v) is 4.41. The molecule has 21 heavy (non-hydrogen) atoms. The summed E-state index contributed by atoms with van der Waals surface area (Å²) >= 11 is 0. The minimum Gasteiger partial charge on any atom is -0.311 e. The van der Waals surface area contributed by atoms with Crippen molar-refractivity contribution in [3.63, 3.8) is 0 Å². The van der Waals surface area contributed by atoms with Gasteiger partial charge in [-0.15, -0.1) is 0 Å². The number of benzene rings is 2. The number of nitrogens with two attached hydrogens (primary N) is 1. The van der Waals surface area contributed by atoms with E-state index in [1.807, 2.05) is 0 Å². The third-order valence-electron chi connectivity index (χ3n) is 4.41. The molecule has 1 saturated carbocycles. The van der Waals surface area contributed by atoms with Crippen molar-refractivity contribution < 1.29 is 5.32 Å². The van der Waals surface area contributed by atoms with Gasteiger partial charge in [0.1, 0.15) is 6.04 Å². The summed E-state index contributed by atoms with van der Waals surface area (Å²) in [5.41, 5.74) is 5.51. The van der Waals surface area contributed by atoms with E-state index in [4.69, 9.17) is 0 Å². The first-order valence-electron chi connectivity index (χ1n) is 7.79. The Morgan fingerprint density at radius 1 is 0.857 bits per heavy atom. The average Bonchev–Trinajstić information content (AvgIpc) is 3.41. The van der Waals surface area contributed by atoms with Crippen LogP contribution in [0, 0.1) is 5.92 Å². The maximum Gasteiger partial charge on any atom is 0.135 e. The molecule has 2 N–H and O–H groups in total. The highest BCUT2D eigenvalue weighted by Gasteiger charge is 2.28. The zero-order valence-corrected chi connectivity index (χ0v) is 12.1. The van der Waals surface area contributed by atoms with Crippen molar-refractivity contribution in [1.82, 2.24) is 0 Å². The van der Waals surface area contributed by atoms with Gasteiger partial charge in [-0.2, -0.15) is 0 Å². The number of quaternary nitrogens is 1. The van der Waals surface area contributed by atoms with Crippen LogP contribution in [-0.2, 0) is 0 Å². The van der Waals surface area contributed by atoms with E-state index in [9.17, 15) is 0 Å². The Morgan fingerprint density at radius 3 is 2.48 bits per heavy atom. The summed E-state index contributed by atoms with van der Waals surface area (Å²) in [6.07, 6.45) is 9.70. The van der Waals surface area contributed by atoms with E-state index in [0.717, 1.165) is 5.92 Å². The first-order chi connectivity index (χ1) is 10.4. The molecule has 1 fully saturated rings. The summed E-state index contributed by atoms with van der Waals surface area (Å²) in [5, 5.41) is 2.30. The van der Waals surface area contributed by atoms with Crippen molar-refractivity contribution >= 4 is 0 Å². The van der Waals surface area contributed by atoms with Crippen LogP contribution < -0.4 is 5.32 Å². The normalized spacial score (nSPS) is 21.1. The highest BCUT2D eigenvalue weighted by molar-refractivity contribution is 5.64. The molecule has 4 rings (SSSR count). The molecule has 2 aromatic rings. The van der Waals surface area contributed by atoms with Gasteiger partial charge in [0.2, 0.25) is 0 Å². The van der Waals surface area contributed by atoms with E-state index < -0.39 is 0 Å². The summed E-state index contributed by atoms with van der Waals surface area (Å²) in [4.78, 5) is 0. The van der Waals surface area contributed by atoms with Gasteiger partial charge >= 0.3 is 0 Å². The lowest BCUT2D eigenvalue weighted by molar-refractivity contribution is -0.623. The zero-order chi connectivity index (χ0) is 14.1. The monoisotopic (exact) mass is 274 g/mol. The summed E-state index contributed by atoms with van der Waals surface area (Å²) in [7, 11) is 0. The highest BCUT2D eigenvalue weighted by atomic mass is 14.9. The van der Waals surface area contributed by atoms with Crippen molar-refractivity contribution in [2.75, 3.05) is 0 Å². The van der Waals surface area contributed by atoms with Gasteiger partial charge in [0, 0.05) is 5.56 Å². The maximum absolute atomic E-state index is 2.45. The van der Waals surface area contributed by atoms with Crippen LogP contribution in [0.1, 0.15) is 24.4 Å². The van der Waals surface area contributed by atoms with E-state index in [0.29, 0.717) is 6.04 Å². The van der Waals surface area contributed by atoms with Crippen LogP contribution in [0.25, 0.3) is 11.1 Å². The van der Waals surface area contributed by atoms with Crippen LogP contribution in [0.5, 0.6) is 0 Å². The van der Waals surface area contributed by atoms with E-state index in [1.165, 1.54) is 35.1 Å². The maximum atomic E-state index is 2.45. The molecule has 0 amide bonds. The summed E-state index contributed by atoms with van der Waals surface area (Å²) in [5.74, 6) is 0.828. The van der Waals surface area contributed by atoms with Gasteiger partial charge in [-0.1, -0.05) is 48.5 Å². The van der Waals surface area contributed by atoms with Crippen molar-refractivity contribution in [2.45, 2.75) is 18.9 Å². The van der Waals surface area contributed by atoms with Gasteiger partial charge in [-0.3, -0.25) is 0 Å². The lowest BCUT2D eigenvalue weighted by Gasteiger charge is -2.16. The Balaban J connectivity index is 1.65. The minimum absolute atomic E-state index is 0.425. The van der Waals surface area contributed by atoms with Gasteiger partial charge in [-0.25, -0.2) is 0 Å². The third kappa shape index (κ3) is 2.70. The molecule has 0 saturated heterocycles. The van der Waals surface area contributed by atoms with Gasteiger partial charge < -0.3 is 5.32 Å². The summed E-state index contributed by atoms with van der Waals surface area (Å²) < 4.78 is 0. The summed E-state index contributed by atoms with van der Waals surface area (Å²) in [6, 6.07) is 20.0. The fourth-order valence-corrected chi connectivity index (χ4v) is 3.06. The molecule has 1 heteroatoms. The first kappa shape index (κ1) is 12.6. The molecule has 0 aromatic heterocycles. The van der Waals surface area contributed by atoms with Gasteiger partial charge in [0.15, 0.2) is 0 Å². The standard InChI is InChI=1S/C20H19N/c1-2-5-15(6-3-1)17-7-4-8-19(13-17)20-14-18(11-12-21-20)16-9-10-16/h1-8,11-14,16,20-21H,9-10H2/p+1. The van der Waals surface area contributed by atoms with E-state index in [2.05, 4.69) is 78.3 Å². The zero-order valence-electron chi connectivity index (χ0n) is 12.1. The SMILES string of the molecule is C1=CC(C2CC2)=CC(c2cccc(-c3ccccc3)c2)[NH2+]1. The lowest BCUT2D eigenvalue weighted by Crippen LogP contribution is -2.79. The second-order valence-electron chi connectivity index (χ2n) is 6.01. The molecular formula is C20H20N+. The minimum atomic E-state index is 0.425. The molecule has 0 radical (unpaired) electrons. The Labute approximate surface area is 126 Å². The van der Waals surface area contributed by atoms with E-state index in [1.54, 1.807) is 0 Å². The smallest absolute Gasteiger partial charge is 0.135 e. The van der Waals surface area contributed by atoms with Crippen LogP contribution in [0.4, 0.5) is 0 Å². The molecular weight excluding hydrogens is 254 g/mol. The Morgan fingerprint density at radius 2 is 1.67 bits per heavy atom. The van der Waals surface area contributed by atoms with Crippen LogP contribution in [-0.4, -0.2) is 0 Å². The molecule has 1 aliphatic carbocycles. The fourth-order valence-electron chi connectivity index (χ4n) is 3.06. The van der Waals surface area contributed by atoms with Crippen molar-refractivity contribution in [2.24, 2.45) is 5.92 Å². The van der Waals surface area contributed by atoms with Crippen molar-refractivity contribution in [3.8, 4) is 11.1 Å². The Kier molecular flexibility index (Phi) is 3.21. The quantitative estimate of drug-likeness (QED) is 0.876. The number of hydrogen-bond donors (Lipinski definition) is 1. The fraction of sp³-hybridized carbons (Fsp3) is 0.200. The van der Waals surface area contributed by atoms with Crippen molar-refractivity contribution in [3.05, 3.63) is 84.1 Å². The average molecular weight is 274 g/mol. The second-order valence-corrected chi connectivity index (χ2v) is 6.01. The Bertz CT molecular complexity index is 693. The van der Waals surface area contributed by atoms with Gasteiger partial charge in [0.05, 0.1) is 6.20 Å².